The molecule has 170 valence electrons. The highest BCUT2D eigenvalue weighted by Gasteiger charge is 1.78. The van der Waals surface area contributed by atoms with Crippen molar-refractivity contribution in [2.45, 2.75) is 54.9 Å². The predicted molar refractivity (Wildman–Crippen MR) is 147 cm³/mol. The van der Waals surface area contributed by atoms with Crippen LogP contribution in [0.25, 0.3) is 0 Å². The van der Waals surface area contributed by atoms with Gasteiger partial charge in [0, 0.05) is 24.3 Å². The lowest BCUT2D eigenvalue weighted by molar-refractivity contribution is 1.09. The average Bonchev–Trinajstić information content (AvgIpc) is 2.85. The molecule has 0 amide bonds. The number of allylic oxidation sites excluding steroid dienone is 6. The minimum atomic E-state index is 1.25. The predicted octanol–water partition coefficient (Wildman–Crippen LogP) is 9.90. The maximum atomic E-state index is 2.89. The van der Waals surface area contributed by atoms with Crippen LogP contribution in [0.5, 0.6) is 0 Å². The Morgan fingerprint density at radius 2 is 0.812 bits per heavy atom. The van der Waals surface area contributed by atoms with Crippen molar-refractivity contribution in [2.24, 2.45) is 0 Å². The summed E-state index contributed by atoms with van der Waals surface area (Å²) in [5.74, 6) is 0. The molecule has 0 heterocycles. The molecule has 0 saturated carbocycles. The third-order valence-corrected chi connectivity index (χ3v) is 3.43. The van der Waals surface area contributed by atoms with E-state index in [-0.39, 0.29) is 0 Å². The minimum Gasteiger partial charge on any atom is -0.0683 e. The number of benzene rings is 3. The molecule has 0 nitrogen and oxygen atoms in total. The molecule has 3 aromatic rings. The highest BCUT2D eigenvalue weighted by atomic mass is 13.8. The van der Waals surface area contributed by atoms with Crippen molar-refractivity contribution in [3.63, 3.8) is 0 Å². The summed E-state index contributed by atoms with van der Waals surface area (Å²) in [6.45, 7) is 14.5. The van der Waals surface area contributed by atoms with Gasteiger partial charge in [0.25, 0.3) is 0 Å². The molecule has 0 radical (unpaired) electrons. The van der Waals surface area contributed by atoms with E-state index in [1.54, 1.807) is 0 Å². The van der Waals surface area contributed by atoms with Crippen molar-refractivity contribution in [3.05, 3.63) is 144 Å². The molecule has 0 N–H and O–H groups in total. The van der Waals surface area contributed by atoms with E-state index in [2.05, 4.69) is 77.1 Å². The molecular formula is C32H43+. The molecule has 0 atom stereocenters. The molecule has 32 heavy (non-hydrogen) atoms. The maximum Gasteiger partial charge on any atom is 0.103 e. The van der Waals surface area contributed by atoms with E-state index in [0.29, 0.717) is 0 Å². The third kappa shape index (κ3) is 24.8. The summed E-state index contributed by atoms with van der Waals surface area (Å²) in [7, 11) is 0. The molecule has 0 unspecified atom stereocenters. The van der Waals surface area contributed by atoms with Gasteiger partial charge in [-0.1, -0.05) is 142 Å². The van der Waals surface area contributed by atoms with Crippen LogP contribution in [-0.4, -0.2) is 0 Å². The Morgan fingerprint density at radius 3 is 0.906 bits per heavy atom. The lowest BCUT2D eigenvalue weighted by Gasteiger charge is -1.82. The van der Waals surface area contributed by atoms with Gasteiger partial charge in [0.15, 0.2) is 0 Å². The molecule has 0 saturated heterocycles. The van der Waals surface area contributed by atoms with E-state index in [0.717, 1.165) is 0 Å². The third-order valence-electron chi connectivity index (χ3n) is 3.43. The highest BCUT2D eigenvalue weighted by molar-refractivity contribution is 5.19. The van der Waals surface area contributed by atoms with Gasteiger partial charge in [-0.05, 0) is 20.8 Å². The van der Waals surface area contributed by atoms with Gasteiger partial charge in [0.05, 0.1) is 0 Å². The van der Waals surface area contributed by atoms with Crippen molar-refractivity contribution < 1.29 is 0 Å². The van der Waals surface area contributed by atoms with E-state index in [9.17, 15) is 0 Å². The van der Waals surface area contributed by atoms with Crippen molar-refractivity contribution >= 4 is 0 Å². The van der Waals surface area contributed by atoms with Crippen LogP contribution in [0.1, 0.15) is 50.8 Å². The monoisotopic (exact) mass is 427 g/mol. The quantitative estimate of drug-likeness (QED) is 0.313. The summed E-state index contributed by atoms with van der Waals surface area (Å²) in [5, 5.41) is 0. The molecular weight excluding hydrogens is 384 g/mol. The SMILES string of the molecule is CC.CCC.Cc1ccccc1.Cc1ccccc1.Cc1ccccc1.[C+]1=CC=CC=C1. The molecule has 0 spiro atoms. The van der Waals surface area contributed by atoms with Gasteiger partial charge in [-0.15, -0.1) is 0 Å². The molecule has 1 aliphatic carbocycles. The fraction of sp³-hybridized carbons (Fsp3) is 0.250. The normalized spacial score (nSPS) is 9.22. The standard InChI is InChI=1S/3C7H8.C6H5.C3H8.C2H6/c3*1-7-5-3-2-4-6-7;1-2-4-6-5-3-1;1-3-2;1-2/h3*2-6H,1H3;1-5H;3H2,1-2H3;1-2H3/q;;;+1;;. The summed E-state index contributed by atoms with van der Waals surface area (Å²) in [4.78, 5) is 0. The van der Waals surface area contributed by atoms with Crippen LogP contribution < -0.4 is 0 Å². The molecule has 1 aliphatic rings. The number of hydrogen-bond acceptors (Lipinski definition) is 0. The molecule has 4 rings (SSSR count). The first-order chi connectivity index (χ1) is 15.6. The fourth-order valence-corrected chi connectivity index (χ4v) is 1.95. The smallest absolute Gasteiger partial charge is 0.0683 e. The van der Waals surface area contributed by atoms with Gasteiger partial charge in [0.2, 0.25) is 0 Å². The zero-order valence-corrected chi connectivity index (χ0v) is 21.3. The Balaban J connectivity index is 0. The summed E-state index contributed by atoms with van der Waals surface area (Å²) in [6, 6.07) is 30.8. The molecule has 0 aliphatic heterocycles. The number of rotatable bonds is 0. The summed E-state index contributed by atoms with van der Waals surface area (Å²) in [6.07, 6.45) is 13.8. The molecule has 3 aromatic carbocycles. The highest BCUT2D eigenvalue weighted by Crippen LogP contribution is 1.93. The summed E-state index contributed by atoms with van der Waals surface area (Å²) < 4.78 is 0. The van der Waals surface area contributed by atoms with Crippen LogP contribution in [0.4, 0.5) is 0 Å². The van der Waals surface area contributed by atoms with E-state index in [4.69, 9.17) is 0 Å². The van der Waals surface area contributed by atoms with Crippen molar-refractivity contribution in [2.75, 3.05) is 0 Å². The van der Waals surface area contributed by atoms with E-state index < -0.39 is 0 Å². The second kappa shape index (κ2) is 25.8. The first-order valence-corrected chi connectivity index (χ1v) is 11.6. The second-order valence-electron chi connectivity index (χ2n) is 6.75. The zero-order valence-electron chi connectivity index (χ0n) is 21.3. The van der Waals surface area contributed by atoms with E-state index in [1.807, 2.05) is 98.8 Å². The molecule has 0 aromatic heterocycles. The topological polar surface area (TPSA) is 0 Å². The Bertz CT molecular complexity index is 670. The first kappa shape index (κ1) is 31.0. The lowest BCUT2D eigenvalue weighted by Crippen LogP contribution is -1.62. The van der Waals surface area contributed by atoms with Gasteiger partial charge in [-0.2, -0.15) is 0 Å². The van der Waals surface area contributed by atoms with Gasteiger partial charge in [-0.3, -0.25) is 0 Å². The fourth-order valence-electron chi connectivity index (χ4n) is 1.95. The lowest BCUT2D eigenvalue weighted by atomic mass is 10.2. The van der Waals surface area contributed by atoms with Crippen LogP contribution in [0.15, 0.2) is 121 Å². The van der Waals surface area contributed by atoms with E-state index in [1.165, 1.54) is 23.1 Å². The molecule has 0 heteroatoms. The van der Waals surface area contributed by atoms with Gasteiger partial charge < -0.3 is 0 Å². The Morgan fingerprint density at radius 1 is 0.500 bits per heavy atom. The van der Waals surface area contributed by atoms with Crippen molar-refractivity contribution in [1.82, 2.24) is 0 Å². The molecule has 0 bridgehead atoms. The zero-order chi connectivity index (χ0) is 24.3. The van der Waals surface area contributed by atoms with Crippen LogP contribution in [0, 0.1) is 26.8 Å². The van der Waals surface area contributed by atoms with Crippen LogP contribution >= 0.6 is 0 Å². The van der Waals surface area contributed by atoms with Crippen molar-refractivity contribution in [3.8, 4) is 0 Å². The summed E-state index contributed by atoms with van der Waals surface area (Å²) >= 11 is 0. The maximum absolute atomic E-state index is 2.89. The Labute approximate surface area is 199 Å². The largest absolute Gasteiger partial charge is 0.103 e. The Kier molecular flexibility index (Phi) is 25.0. The van der Waals surface area contributed by atoms with Gasteiger partial charge >= 0.3 is 0 Å². The number of aryl methyl sites for hydroxylation is 3. The average molecular weight is 428 g/mol. The minimum absolute atomic E-state index is 1.25. The Hall–Kier alpha value is -3.21. The molecule has 0 fully saturated rings. The van der Waals surface area contributed by atoms with E-state index >= 15 is 0 Å². The van der Waals surface area contributed by atoms with Gasteiger partial charge in [-0.25, -0.2) is 0 Å². The first-order valence-electron chi connectivity index (χ1n) is 11.6. The van der Waals surface area contributed by atoms with Crippen LogP contribution in [-0.2, 0) is 0 Å². The number of hydrogen-bond donors (Lipinski definition) is 0. The van der Waals surface area contributed by atoms with Crippen molar-refractivity contribution in [1.29, 1.82) is 0 Å². The summed E-state index contributed by atoms with van der Waals surface area (Å²) in [5.41, 5.74) is 3.97. The van der Waals surface area contributed by atoms with Crippen LogP contribution in [0.2, 0.25) is 0 Å². The van der Waals surface area contributed by atoms with Crippen LogP contribution in [0.3, 0.4) is 0 Å². The second-order valence-corrected chi connectivity index (χ2v) is 6.75. The van der Waals surface area contributed by atoms with Gasteiger partial charge in [0.1, 0.15) is 12.2 Å².